The molecule has 1 atom stereocenters. The summed E-state index contributed by atoms with van der Waals surface area (Å²) in [4.78, 5) is 33.6. The number of carbonyl (C=O) groups excluding carboxylic acids is 1. The van der Waals surface area contributed by atoms with Crippen LogP contribution in [0.3, 0.4) is 0 Å². The highest BCUT2D eigenvalue weighted by Crippen LogP contribution is 2.24. The number of benzene rings is 2. The third-order valence-corrected chi connectivity index (χ3v) is 5.73. The Labute approximate surface area is 191 Å². The van der Waals surface area contributed by atoms with Gasteiger partial charge in [-0.3, -0.25) is 14.6 Å². The predicted molar refractivity (Wildman–Crippen MR) is 130 cm³/mol. The molecule has 32 heavy (non-hydrogen) atoms. The van der Waals surface area contributed by atoms with E-state index in [1.54, 1.807) is 24.3 Å². The molecule has 0 aromatic heterocycles. The van der Waals surface area contributed by atoms with Gasteiger partial charge in [-0.2, -0.15) is 0 Å². The number of anilines is 1. The number of hydrogen-bond donors (Lipinski definition) is 3. The summed E-state index contributed by atoms with van der Waals surface area (Å²) in [5, 5.41) is 14.7. The van der Waals surface area contributed by atoms with Crippen LogP contribution in [-0.4, -0.2) is 27.9 Å². The summed E-state index contributed by atoms with van der Waals surface area (Å²) < 4.78 is 0. The highest BCUT2D eigenvalue weighted by molar-refractivity contribution is 8.16. The maximum atomic E-state index is 13.2. The summed E-state index contributed by atoms with van der Waals surface area (Å²) in [5.41, 5.74) is 8.68. The van der Waals surface area contributed by atoms with Gasteiger partial charge in [0.2, 0.25) is 5.84 Å². The molecule has 8 heteroatoms. The van der Waals surface area contributed by atoms with Crippen molar-refractivity contribution in [3.05, 3.63) is 76.7 Å². The maximum Gasteiger partial charge on any atom is 0.307 e. The summed E-state index contributed by atoms with van der Waals surface area (Å²) in [6, 6.07) is 14.4. The molecule has 0 bridgehead atoms. The van der Waals surface area contributed by atoms with Crippen molar-refractivity contribution < 1.29 is 14.7 Å². The van der Waals surface area contributed by atoms with Gasteiger partial charge in [0.15, 0.2) is 0 Å². The number of carboxylic acid groups (broad SMARTS) is 1. The van der Waals surface area contributed by atoms with Crippen LogP contribution in [0.25, 0.3) is 0 Å². The summed E-state index contributed by atoms with van der Waals surface area (Å²) in [5.74, 6) is -1.39. The average molecular weight is 451 g/mol. The summed E-state index contributed by atoms with van der Waals surface area (Å²) in [6.45, 7) is 2.42. The second kappa shape index (κ2) is 11.4. The Hall–Kier alpha value is -3.23. The van der Waals surface area contributed by atoms with E-state index in [1.165, 1.54) is 11.8 Å². The number of nitrogens with two attached hydrogens (primary N) is 1. The molecule has 2 aromatic rings. The van der Waals surface area contributed by atoms with Gasteiger partial charge in [0.05, 0.1) is 17.5 Å². The fraction of sp³-hybridized carbons (Fsp3) is 0.250. The Morgan fingerprint density at radius 3 is 2.72 bits per heavy atom. The zero-order valence-corrected chi connectivity index (χ0v) is 18.6. The van der Waals surface area contributed by atoms with Crippen molar-refractivity contribution in [3.63, 3.8) is 0 Å². The van der Waals surface area contributed by atoms with Gasteiger partial charge in [0.25, 0.3) is 5.91 Å². The van der Waals surface area contributed by atoms with Crippen molar-refractivity contribution in [3.8, 4) is 0 Å². The zero-order valence-electron chi connectivity index (χ0n) is 17.8. The molecule has 2 aromatic carbocycles. The van der Waals surface area contributed by atoms with Gasteiger partial charge >= 0.3 is 5.97 Å². The van der Waals surface area contributed by atoms with E-state index >= 15 is 0 Å². The Bertz CT molecular complexity index is 1070. The fourth-order valence-corrected chi connectivity index (χ4v) is 3.95. The first-order valence-corrected chi connectivity index (χ1v) is 11.2. The third-order valence-electron chi connectivity index (χ3n) is 4.87. The van der Waals surface area contributed by atoms with Crippen LogP contribution < -0.4 is 11.1 Å². The average Bonchev–Trinajstić information content (AvgIpc) is 3.30. The normalized spacial score (nSPS) is 15.7. The molecule has 0 aliphatic carbocycles. The van der Waals surface area contributed by atoms with Gasteiger partial charge in [-0.15, -0.1) is 0 Å². The Balaban J connectivity index is 1.94. The highest BCUT2D eigenvalue weighted by atomic mass is 32.2. The van der Waals surface area contributed by atoms with Gasteiger partial charge < -0.3 is 16.2 Å². The van der Waals surface area contributed by atoms with Crippen molar-refractivity contribution in [2.24, 2.45) is 15.7 Å². The number of thioether (sulfide) groups is 1. The van der Waals surface area contributed by atoms with Gasteiger partial charge in [0.1, 0.15) is 0 Å². The van der Waals surface area contributed by atoms with E-state index in [9.17, 15) is 9.59 Å². The number of hydrogen-bond acceptors (Lipinski definition) is 5. The molecule has 1 aliphatic rings. The number of rotatable bonds is 7. The van der Waals surface area contributed by atoms with Crippen LogP contribution >= 0.6 is 11.8 Å². The molecule has 0 saturated carbocycles. The number of amidine groups is 1. The molecule has 4 N–H and O–H groups in total. The largest absolute Gasteiger partial charge is 0.481 e. The third kappa shape index (κ3) is 6.38. The number of para-hydroxylation sites is 1. The van der Waals surface area contributed by atoms with E-state index in [0.717, 1.165) is 16.2 Å². The van der Waals surface area contributed by atoms with Crippen LogP contribution in [0, 0.1) is 0 Å². The SMILES string of the molecule is CCC(N=C(N=C1CC=CS1)C(=O)Nc1ccccc1CC(=O)O)c1cccc(CN)c1. The van der Waals surface area contributed by atoms with E-state index in [1.807, 2.05) is 42.7 Å². The van der Waals surface area contributed by atoms with Crippen LogP contribution in [0.1, 0.15) is 42.5 Å². The molecule has 3 rings (SSSR count). The van der Waals surface area contributed by atoms with Gasteiger partial charge in [-0.05, 0) is 34.6 Å². The molecule has 1 amide bonds. The number of aliphatic carboxylic acids is 1. The molecular formula is C24H26N4O3S. The number of carbonyl (C=O) groups is 2. The molecule has 0 spiro atoms. The second-order valence-electron chi connectivity index (χ2n) is 7.21. The molecule has 7 nitrogen and oxygen atoms in total. The minimum Gasteiger partial charge on any atom is -0.481 e. The van der Waals surface area contributed by atoms with Crippen molar-refractivity contribution >= 4 is 40.2 Å². The lowest BCUT2D eigenvalue weighted by Crippen LogP contribution is -2.24. The molecule has 0 radical (unpaired) electrons. The summed E-state index contributed by atoms with van der Waals surface area (Å²) in [6.07, 6.45) is 3.10. The minimum atomic E-state index is -0.972. The second-order valence-corrected chi connectivity index (χ2v) is 8.19. The number of amides is 1. The molecular weight excluding hydrogens is 424 g/mol. The maximum absolute atomic E-state index is 13.2. The fourth-order valence-electron chi connectivity index (χ4n) is 3.27. The predicted octanol–water partition coefficient (Wildman–Crippen LogP) is 4.31. The van der Waals surface area contributed by atoms with Gasteiger partial charge in [0, 0.05) is 18.7 Å². The topological polar surface area (TPSA) is 117 Å². The van der Waals surface area contributed by atoms with Crippen molar-refractivity contribution in [2.75, 3.05) is 5.32 Å². The van der Waals surface area contributed by atoms with E-state index < -0.39 is 11.9 Å². The van der Waals surface area contributed by atoms with Crippen molar-refractivity contribution in [1.29, 1.82) is 0 Å². The van der Waals surface area contributed by atoms with Crippen LogP contribution in [0.4, 0.5) is 5.69 Å². The standard InChI is InChI=1S/C24H26N4O3S/c1-2-19(17-9-5-7-16(13-17)15-25)26-23(28-21-11-6-12-32-21)24(31)27-20-10-4-3-8-18(20)14-22(29)30/h3-10,12-13,19H,2,11,14-15,25H2,1H3,(H,27,31)(H,29,30). The Morgan fingerprint density at radius 2 is 2.03 bits per heavy atom. The van der Waals surface area contributed by atoms with E-state index in [0.29, 0.717) is 30.6 Å². The minimum absolute atomic E-state index is 0.0614. The number of nitrogens with zero attached hydrogens (tertiary/aromatic N) is 2. The first-order valence-electron chi connectivity index (χ1n) is 10.4. The van der Waals surface area contributed by atoms with Gasteiger partial charge in [-0.25, -0.2) is 4.99 Å². The molecule has 0 saturated heterocycles. The first kappa shape index (κ1) is 23.4. The van der Waals surface area contributed by atoms with E-state index in [4.69, 9.17) is 15.8 Å². The number of carboxylic acids is 1. The van der Waals surface area contributed by atoms with Crippen LogP contribution in [0.15, 0.2) is 70.0 Å². The van der Waals surface area contributed by atoms with Crippen molar-refractivity contribution in [1.82, 2.24) is 0 Å². The Morgan fingerprint density at radius 1 is 1.22 bits per heavy atom. The Kier molecular flexibility index (Phi) is 8.35. The van der Waals surface area contributed by atoms with Gasteiger partial charge in [-0.1, -0.05) is 67.2 Å². The van der Waals surface area contributed by atoms with Crippen molar-refractivity contribution in [2.45, 2.75) is 38.8 Å². The van der Waals surface area contributed by atoms with Crippen LogP contribution in [0.2, 0.25) is 0 Å². The van der Waals surface area contributed by atoms with E-state index in [2.05, 4.69) is 10.3 Å². The lowest BCUT2D eigenvalue weighted by atomic mass is 10.0. The number of aliphatic imine (C=N–C) groups is 2. The monoisotopic (exact) mass is 450 g/mol. The molecule has 0 fully saturated rings. The highest BCUT2D eigenvalue weighted by Gasteiger charge is 2.19. The van der Waals surface area contributed by atoms with Crippen LogP contribution in [-0.2, 0) is 22.6 Å². The molecule has 166 valence electrons. The molecule has 1 aliphatic heterocycles. The number of nitrogens with one attached hydrogen (secondary N) is 1. The molecule has 1 unspecified atom stereocenters. The quantitative estimate of drug-likeness (QED) is 0.429. The lowest BCUT2D eigenvalue weighted by molar-refractivity contribution is -0.136. The zero-order chi connectivity index (χ0) is 22.9. The lowest BCUT2D eigenvalue weighted by Gasteiger charge is -2.14. The first-order chi connectivity index (χ1) is 15.5. The van der Waals surface area contributed by atoms with Crippen LogP contribution in [0.5, 0.6) is 0 Å². The summed E-state index contributed by atoms with van der Waals surface area (Å²) in [7, 11) is 0. The summed E-state index contributed by atoms with van der Waals surface area (Å²) >= 11 is 1.46. The van der Waals surface area contributed by atoms with E-state index in [-0.39, 0.29) is 18.3 Å². The smallest absolute Gasteiger partial charge is 0.307 e. The number of allylic oxidation sites excluding steroid dienone is 1. The molecule has 1 heterocycles.